The van der Waals surface area contributed by atoms with Gasteiger partial charge in [0.2, 0.25) is 0 Å². The lowest BCUT2D eigenvalue weighted by molar-refractivity contribution is -0.200. The van der Waals surface area contributed by atoms with Gasteiger partial charge in [0.15, 0.2) is 14.4 Å². The van der Waals surface area contributed by atoms with E-state index in [1.165, 1.54) is 0 Å². The smallest absolute Gasteiger partial charge is 0.403 e. The topological polar surface area (TPSA) is 9.23 Å². The van der Waals surface area contributed by atoms with Gasteiger partial charge in [0.05, 0.1) is 5.56 Å². The Balaban J connectivity index is 3.22. The first-order valence-electron chi connectivity index (χ1n) is 5.72. The predicted octanol–water partition coefficient (Wildman–Crippen LogP) is 5.16. The van der Waals surface area contributed by atoms with Crippen molar-refractivity contribution in [2.24, 2.45) is 0 Å². The molecule has 1 atom stereocenters. The van der Waals surface area contributed by atoms with Gasteiger partial charge in [0, 0.05) is 0 Å². The van der Waals surface area contributed by atoms with Crippen molar-refractivity contribution >= 4 is 8.32 Å². The minimum atomic E-state index is -4.76. The molecule has 0 saturated carbocycles. The summed E-state index contributed by atoms with van der Waals surface area (Å²) in [6.45, 7) is 4.62. The van der Waals surface area contributed by atoms with Crippen LogP contribution in [0.5, 0.6) is 0 Å². The van der Waals surface area contributed by atoms with Gasteiger partial charge in [0.1, 0.15) is 0 Å². The van der Waals surface area contributed by atoms with E-state index in [2.05, 4.69) is 0 Å². The van der Waals surface area contributed by atoms with Crippen LogP contribution in [0, 0.1) is 0 Å². The SMILES string of the molecule is C[Si](C)(C)OC(c1cccc(C(F)(F)F)c1)C(F)(F)F. The molecule has 8 heteroatoms. The lowest BCUT2D eigenvalue weighted by Crippen LogP contribution is -2.35. The second kappa shape index (κ2) is 5.40. The van der Waals surface area contributed by atoms with Gasteiger partial charge in [-0.05, 0) is 37.3 Å². The van der Waals surface area contributed by atoms with Crippen molar-refractivity contribution < 1.29 is 30.8 Å². The van der Waals surface area contributed by atoms with Crippen LogP contribution in [-0.4, -0.2) is 14.5 Å². The summed E-state index contributed by atoms with van der Waals surface area (Å²) in [5.41, 5.74) is -1.65. The molecule has 1 aromatic rings. The van der Waals surface area contributed by atoms with Crippen LogP contribution >= 0.6 is 0 Å². The van der Waals surface area contributed by atoms with Crippen LogP contribution in [0.25, 0.3) is 0 Å². The van der Waals surface area contributed by atoms with E-state index in [-0.39, 0.29) is 0 Å². The lowest BCUT2D eigenvalue weighted by atomic mass is 10.1. The van der Waals surface area contributed by atoms with Gasteiger partial charge in [-0.25, -0.2) is 0 Å². The molecule has 1 rings (SSSR count). The zero-order valence-electron chi connectivity index (χ0n) is 11.1. The highest BCUT2D eigenvalue weighted by Crippen LogP contribution is 2.39. The minimum absolute atomic E-state index is 0.484. The van der Waals surface area contributed by atoms with Gasteiger partial charge in [-0.2, -0.15) is 26.3 Å². The van der Waals surface area contributed by atoms with Crippen LogP contribution < -0.4 is 0 Å². The maximum absolute atomic E-state index is 13.0. The molecule has 0 bridgehead atoms. The third kappa shape index (κ3) is 4.82. The molecule has 0 aliphatic carbocycles. The summed E-state index contributed by atoms with van der Waals surface area (Å²) in [7, 11) is -2.58. The Morgan fingerprint density at radius 1 is 1.00 bits per heavy atom. The van der Waals surface area contributed by atoms with Crippen molar-refractivity contribution in [3.8, 4) is 0 Å². The van der Waals surface area contributed by atoms with E-state index in [0.717, 1.165) is 18.2 Å². The second-order valence-electron chi connectivity index (χ2n) is 5.28. The van der Waals surface area contributed by atoms with Gasteiger partial charge >= 0.3 is 12.4 Å². The molecule has 1 aromatic carbocycles. The van der Waals surface area contributed by atoms with E-state index < -0.39 is 37.9 Å². The molecular formula is C12H14F6OSi. The van der Waals surface area contributed by atoms with Crippen molar-refractivity contribution in [2.75, 3.05) is 0 Å². The molecule has 0 amide bonds. The Labute approximate surface area is 113 Å². The molecule has 1 nitrogen and oxygen atoms in total. The highest BCUT2D eigenvalue weighted by atomic mass is 28.4. The molecule has 0 fully saturated rings. The molecule has 114 valence electrons. The van der Waals surface area contributed by atoms with E-state index in [1.54, 1.807) is 19.6 Å². The maximum Gasteiger partial charge on any atom is 0.417 e. The Morgan fingerprint density at radius 3 is 1.95 bits per heavy atom. The summed E-state index contributed by atoms with van der Waals surface area (Å²) in [6.07, 6.45) is -11.8. The molecule has 0 spiro atoms. The Hall–Kier alpha value is -1.02. The number of rotatable bonds is 3. The van der Waals surface area contributed by atoms with Crippen molar-refractivity contribution in [3.05, 3.63) is 35.4 Å². The predicted molar refractivity (Wildman–Crippen MR) is 64.7 cm³/mol. The van der Waals surface area contributed by atoms with E-state index in [1.807, 2.05) is 0 Å². The van der Waals surface area contributed by atoms with E-state index in [9.17, 15) is 26.3 Å². The first-order chi connectivity index (χ1) is 8.81. The first kappa shape index (κ1) is 17.0. The Bertz CT molecular complexity index is 460. The molecular weight excluding hydrogens is 302 g/mol. The summed E-state index contributed by atoms with van der Waals surface area (Å²) in [5, 5.41) is 0. The highest BCUT2D eigenvalue weighted by molar-refractivity contribution is 6.69. The monoisotopic (exact) mass is 316 g/mol. The molecule has 1 unspecified atom stereocenters. The first-order valence-corrected chi connectivity index (χ1v) is 9.13. The molecule has 20 heavy (non-hydrogen) atoms. The quantitative estimate of drug-likeness (QED) is 0.553. The fraction of sp³-hybridized carbons (Fsp3) is 0.500. The highest BCUT2D eigenvalue weighted by Gasteiger charge is 2.44. The summed E-state index contributed by atoms with van der Waals surface area (Å²) in [5.74, 6) is 0. The molecule has 0 aromatic heterocycles. The van der Waals surface area contributed by atoms with E-state index in [0.29, 0.717) is 6.07 Å². The Kier molecular flexibility index (Phi) is 4.60. The van der Waals surface area contributed by atoms with Gasteiger partial charge in [-0.1, -0.05) is 12.1 Å². The van der Waals surface area contributed by atoms with Crippen LogP contribution in [0.2, 0.25) is 19.6 Å². The number of hydrogen-bond acceptors (Lipinski definition) is 1. The third-order valence-corrected chi connectivity index (χ3v) is 3.23. The van der Waals surface area contributed by atoms with Gasteiger partial charge < -0.3 is 4.43 Å². The second-order valence-corrected chi connectivity index (χ2v) is 9.74. The van der Waals surface area contributed by atoms with Crippen molar-refractivity contribution in [3.63, 3.8) is 0 Å². The largest absolute Gasteiger partial charge is 0.417 e. The molecule has 0 aliphatic rings. The Morgan fingerprint density at radius 2 is 1.55 bits per heavy atom. The lowest BCUT2D eigenvalue weighted by Gasteiger charge is -2.28. The summed E-state index contributed by atoms with van der Waals surface area (Å²) in [4.78, 5) is 0. The fourth-order valence-electron chi connectivity index (χ4n) is 1.56. The van der Waals surface area contributed by atoms with E-state index in [4.69, 9.17) is 4.43 Å². The number of benzene rings is 1. The van der Waals surface area contributed by atoms with Gasteiger partial charge in [0.25, 0.3) is 0 Å². The maximum atomic E-state index is 13.0. The van der Waals surface area contributed by atoms with Crippen molar-refractivity contribution in [2.45, 2.75) is 38.1 Å². The molecule has 0 radical (unpaired) electrons. The zero-order chi connectivity index (χ0) is 15.8. The van der Waals surface area contributed by atoms with Crippen LogP contribution in [-0.2, 0) is 10.6 Å². The number of alkyl halides is 6. The van der Waals surface area contributed by atoms with Crippen LogP contribution in [0.3, 0.4) is 0 Å². The van der Waals surface area contributed by atoms with Crippen LogP contribution in [0.1, 0.15) is 17.2 Å². The average Bonchev–Trinajstić information content (AvgIpc) is 2.22. The van der Waals surface area contributed by atoms with Gasteiger partial charge in [-0.15, -0.1) is 0 Å². The fourth-order valence-corrected chi connectivity index (χ4v) is 2.53. The van der Waals surface area contributed by atoms with Gasteiger partial charge in [-0.3, -0.25) is 0 Å². The van der Waals surface area contributed by atoms with E-state index >= 15 is 0 Å². The number of hydrogen-bond donors (Lipinski definition) is 0. The zero-order valence-corrected chi connectivity index (χ0v) is 12.1. The average molecular weight is 316 g/mol. The third-order valence-electron chi connectivity index (χ3n) is 2.29. The van der Waals surface area contributed by atoms with Crippen LogP contribution in [0.15, 0.2) is 24.3 Å². The summed E-state index contributed by atoms with van der Waals surface area (Å²) in [6, 6.07) is 3.15. The van der Waals surface area contributed by atoms with Crippen LogP contribution in [0.4, 0.5) is 26.3 Å². The van der Waals surface area contributed by atoms with Crippen molar-refractivity contribution in [1.82, 2.24) is 0 Å². The minimum Gasteiger partial charge on any atom is -0.403 e. The molecule has 0 N–H and O–H groups in total. The molecule has 0 saturated heterocycles. The standard InChI is InChI=1S/C12H14F6OSi/c1-20(2,3)19-10(12(16,17)18)8-5-4-6-9(7-8)11(13,14)15/h4-7,10H,1-3H3. The normalized spacial score (nSPS) is 15.2. The molecule has 0 aliphatic heterocycles. The number of halogens is 6. The van der Waals surface area contributed by atoms with Crippen molar-refractivity contribution in [1.29, 1.82) is 0 Å². The summed E-state index contributed by atoms with van der Waals surface area (Å²) < 4.78 is 81.6. The molecule has 0 heterocycles. The summed E-state index contributed by atoms with van der Waals surface area (Å²) >= 11 is 0.